The van der Waals surface area contributed by atoms with Crippen molar-refractivity contribution in [3.8, 4) is 0 Å². The van der Waals surface area contributed by atoms with E-state index in [1.807, 2.05) is 23.9 Å². The van der Waals surface area contributed by atoms with Gasteiger partial charge >= 0.3 is 0 Å². The minimum Gasteiger partial charge on any atom is -0.350 e. The van der Waals surface area contributed by atoms with Crippen LogP contribution in [0.25, 0.3) is 10.9 Å². The molecule has 1 heterocycles. The monoisotopic (exact) mass is 225 g/mol. The van der Waals surface area contributed by atoms with E-state index in [4.69, 9.17) is 11.6 Å². The number of hydrogen-bond donors (Lipinski definition) is 0. The molecule has 0 amide bonds. The van der Waals surface area contributed by atoms with Crippen LogP contribution >= 0.6 is 23.4 Å². The molecule has 0 aliphatic carbocycles. The van der Waals surface area contributed by atoms with Gasteiger partial charge < -0.3 is 4.57 Å². The molecule has 0 fully saturated rings. The maximum atomic E-state index is 6.19. The van der Waals surface area contributed by atoms with E-state index in [0.29, 0.717) is 0 Å². The first-order valence-corrected chi connectivity index (χ1v) is 6.22. The van der Waals surface area contributed by atoms with Crippen molar-refractivity contribution in [2.45, 2.75) is 5.75 Å². The molecule has 0 radical (unpaired) electrons. The van der Waals surface area contributed by atoms with Gasteiger partial charge in [0.1, 0.15) is 0 Å². The van der Waals surface area contributed by atoms with Gasteiger partial charge in [-0.15, -0.1) is 0 Å². The number of nitrogens with zero attached hydrogens (tertiary/aromatic N) is 1. The molecule has 0 atom stereocenters. The van der Waals surface area contributed by atoms with Gasteiger partial charge in [0, 0.05) is 29.9 Å². The molecule has 0 saturated carbocycles. The van der Waals surface area contributed by atoms with Gasteiger partial charge in [-0.1, -0.05) is 17.7 Å². The van der Waals surface area contributed by atoms with Crippen LogP contribution in [0.5, 0.6) is 0 Å². The third-order valence-corrected chi connectivity index (χ3v) is 3.26. The van der Waals surface area contributed by atoms with Crippen LogP contribution in [0.2, 0.25) is 5.02 Å². The third-order valence-electron chi connectivity index (χ3n) is 2.34. The summed E-state index contributed by atoms with van der Waals surface area (Å²) in [4.78, 5) is 0. The van der Waals surface area contributed by atoms with Crippen molar-refractivity contribution in [3.63, 3.8) is 0 Å². The molecule has 2 rings (SSSR count). The quantitative estimate of drug-likeness (QED) is 0.755. The first-order chi connectivity index (χ1) is 6.74. The molecule has 0 N–H and O–H groups in total. The number of thioether (sulfide) groups is 1. The molecule has 0 bridgehead atoms. The summed E-state index contributed by atoms with van der Waals surface area (Å²) in [7, 11) is 2.06. The summed E-state index contributed by atoms with van der Waals surface area (Å²) < 4.78 is 2.13. The maximum Gasteiger partial charge on any atom is 0.0502 e. The molecule has 14 heavy (non-hydrogen) atoms. The third kappa shape index (κ3) is 1.53. The van der Waals surface area contributed by atoms with Crippen LogP contribution in [0.15, 0.2) is 24.4 Å². The molecule has 0 unspecified atom stereocenters. The highest BCUT2D eigenvalue weighted by Crippen LogP contribution is 2.29. The van der Waals surface area contributed by atoms with Gasteiger partial charge in [0.05, 0.1) is 5.02 Å². The number of hydrogen-bond acceptors (Lipinski definition) is 1. The Morgan fingerprint density at radius 2 is 2.21 bits per heavy atom. The lowest BCUT2D eigenvalue weighted by Gasteiger charge is -1.98. The maximum absolute atomic E-state index is 6.19. The van der Waals surface area contributed by atoms with Crippen molar-refractivity contribution in [2.75, 3.05) is 6.26 Å². The van der Waals surface area contributed by atoms with Crippen molar-refractivity contribution in [1.82, 2.24) is 4.57 Å². The fraction of sp³-hybridized carbons (Fsp3) is 0.273. The Bertz CT molecular complexity index is 462. The SMILES string of the molecule is CSCc1cn(C)c2cccc(Cl)c12. The molecule has 0 saturated heterocycles. The molecule has 74 valence electrons. The summed E-state index contributed by atoms with van der Waals surface area (Å²) in [6, 6.07) is 6.05. The normalized spacial score (nSPS) is 11.1. The summed E-state index contributed by atoms with van der Waals surface area (Å²) in [6.07, 6.45) is 4.27. The highest BCUT2D eigenvalue weighted by atomic mass is 35.5. The van der Waals surface area contributed by atoms with Crippen molar-refractivity contribution in [3.05, 3.63) is 35.0 Å². The summed E-state index contributed by atoms with van der Waals surface area (Å²) in [5, 5.41) is 2.05. The van der Waals surface area contributed by atoms with Gasteiger partial charge in [-0.05, 0) is 24.0 Å². The highest BCUT2D eigenvalue weighted by Gasteiger charge is 2.08. The second kappa shape index (κ2) is 3.87. The lowest BCUT2D eigenvalue weighted by molar-refractivity contribution is 0.963. The van der Waals surface area contributed by atoms with E-state index in [1.165, 1.54) is 16.5 Å². The number of halogens is 1. The Balaban J connectivity index is 2.72. The molecule has 1 nitrogen and oxygen atoms in total. The number of aromatic nitrogens is 1. The van der Waals surface area contributed by atoms with E-state index in [-0.39, 0.29) is 0 Å². The fourth-order valence-corrected chi connectivity index (χ4v) is 2.58. The predicted octanol–water partition coefficient (Wildman–Crippen LogP) is 3.69. The minimum atomic E-state index is 0.854. The van der Waals surface area contributed by atoms with Gasteiger partial charge in [-0.25, -0.2) is 0 Å². The minimum absolute atomic E-state index is 0.854. The molecule has 0 aliphatic heterocycles. The Hall–Kier alpha value is -0.600. The lowest BCUT2D eigenvalue weighted by Crippen LogP contribution is -1.82. The summed E-state index contributed by atoms with van der Waals surface area (Å²) in [5.41, 5.74) is 2.53. The molecular weight excluding hydrogens is 214 g/mol. The molecule has 0 spiro atoms. The molecule has 0 aliphatic rings. The number of fused-ring (bicyclic) bond motifs is 1. The van der Waals surface area contributed by atoms with Crippen LogP contribution in [-0.2, 0) is 12.8 Å². The van der Waals surface area contributed by atoms with Gasteiger partial charge in [0.2, 0.25) is 0 Å². The Kier molecular flexibility index (Phi) is 2.75. The number of rotatable bonds is 2. The van der Waals surface area contributed by atoms with Crippen LogP contribution in [-0.4, -0.2) is 10.8 Å². The molecule has 2 aromatic rings. The van der Waals surface area contributed by atoms with E-state index in [0.717, 1.165) is 10.8 Å². The Morgan fingerprint density at radius 1 is 1.43 bits per heavy atom. The van der Waals surface area contributed by atoms with E-state index in [1.54, 1.807) is 0 Å². The van der Waals surface area contributed by atoms with Crippen molar-refractivity contribution >= 4 is 34.3 Å². The van der Waals surface area contributed by atoms with E-state index < -0.39 is 0 Å². The first-order valence-electron chi connectivity index (χ1n) is 4.45. The second-order valence-electron chi connectivity index (χ2n) is 3.33. The average Bonchev–Trinajstić information content (AvgIpc) is 2.46. The van der Waals surface area contributed by atoms with Crippen LogP contribution in [0.1, 0.15) is 5.56 Å². The van der Waals surface area contributed by atoms with E-state index >= 15 is 0 Å². The number of benzene rings is 1. The van der Waals surface area contributed by atoms with Crippen molar-refractivity contribution in [1.29, 1.82) is 0 Å². The molecule has 3 heteroatoms. The van der Waals surface area contributed by atoms with Crippen LogP contribution in [0.4, 0.5) is 0 Å². The lowest BCUT2D eigenvalue weighted by atomic mass is 10.2. The van der Waals surface area contributed by atoms with Crippen molar-refractivity contribution in [2.24, 2.45) is 7.05 Å². The fourth-order valence-electron chi connectivity index (χ4n) is 1.76. The average molecular weight is 226 g/mol. The highest BCUT2D eigenvalue weighted by molar-refractivity contribution is 7.97. The van der Waals surface area contributed by atoms with Gasteiger partial charge in [0.15, 0.2) is 0 Å². The van der Waals surface area contributed by atoms with E-state index in [2.05, 4.69) is 30.1 Å². The first kappa shape index (κ1) is 9.94. The Labute approximate surface area is 93.1 Å². The Morgan fingerprint density at radius 3 is 2.93 bits per heavy atom. The standard InChI is InChI=1S/C11H12ClNS/c1-13-6-8(7-14-2)11-9(12)4-3-5-10(11)13/h3-6H,7H2,1-2H3. The largest absolute Gasteiger partial charge is 0.350 e. The summed E-state index contributed by atoms with van der Waals surface area (Å²) >= 11 is 8.01. The summed E-state index contributed by atoms with van der Waals surface area (Å²) in [5.74, 6) is 1.01. The van der Waals surface area contributed by atoms with E-state index in [9.17, 15) is 0 Å². The zero-order chi connectivity index (χ0) is 10.1. The summed E-state index contributed by atoms with van der Waals surface area (Å²) in [6.45, 7) is 0. The molecule has 1 aromatic heterocycles. The topological polar surface area (TPSA) is 4.93 Å². The zero-order valence-corrected chi connectivity index (χ0v) is 9.82. The van der Waals surface area contributed by atoms with Crippen LogP contribution < -0.4 is 0 Å². The van der Waals surface area contributed by atoms with Crippen LogP contribution in [0.3, 0.4) is 0 Å². The predicted molar refractivity (Wildman–Crippen MR) is 65.1 cm³/mol. The van der Waals surface area contributed by atoms with Crippen molar-refractivity contribution < 1.29 is 0 Å². The van der Waals surface area contributed by atoms with Gasteiger partial charge in [-0.2, -0.15) is 11.8 Å². The zero-order valence-electron chi connectivity index (χ0n) is 8.25. The van der Waals surface area contributed by atoms with Gasteiger partial charge in [0.25, 0.3) is 0 Å². The van der Waals surface area contributed by atoms with Crippen LogP contribution in [0, 0.1) is 0 Å². The molecule has 1 aromatic carbocycles. The number of aryl methyl sites for hydroxylation is 1. The second-order valence-corrected chi connectivity index (χ2v) is 4.61. The smallest absolute Gasteiger partial charge is 0.0502 e. The molecular formula is C11H12ClNS. The van der Waals surface area contributed by atoms with Gasteiger partial charge in [-0.3, -0.25) is 0 Å².